The lowest BCUT2D eigenvalue weighted by Crippen LogP contribution is -2.49. The third-order valence-corrected chi connectivity index (χ3v) is 5.05. The molecule has 0 saturated heterocycles. The molecule has 0 heterocycles. The van der Waals surface area contributed by atoms with Crippen molar-refractivity contribution < 1.29 is 23.1 Å². The number of hydrogen-bond donors (Lipinski definition) is 1. The van der Waals surface area contributed by atoms with E-state index < -0.39 is 17.6 Å². The van der Waals surface area contributed by atoms with Crippen molar-refractivity contribution >= 4 is 11.5 Å². The molecule has 0 radical (unpaired) electrons. The molecule has 0 fully saturated rings. The van der Waals surface area contributed by atoms with E-state index in [1.54, 1.807) is 12.1 Å². The average molecular weight is 402 g/mol. The van der Waals surface area contributed by atoms with Crippen molar-refractivity contribution in [3.63, 3.8) is 0 Å². The number of ketones is 1. The standard InChI is InChI=1S/C22H34F3NO2/c1-4-6-8-10-16-26(17-11-9-7-5-2)19-14-12-18(13-15-19)20(27)21(3,28)22(23,24)25/h12-15,28H,4-11,16-17H2,1-3H3. The fraction of sp³-hybridized carbons (Fsp3) is 0.682. The normalized spacial score (nSPS) is 14.0. The van der Waals surface area contributed by atoms with Gasteiger partial charge in [-0.15, -0.1) is 0 Å². The molecular weight excluding hydrogens is 367 g/mol. The van der Waals surface area contributed by atoms with Gasteiger partial charge in [-0.25, -0.2) is 0 Å². The predicted octanol–water partition coefficient (Wildman–Crippen LogP) is 6.15. The lowest BCUT2D eigenvalue weighted by atomic mass is 9.94. The number of alkyl halides is 3. The predicted molar refractivity (Wildman–Crippen MR) is 108 cm³/mol. The highest BCUT2D eigenvalue weighted by Gasteiger charge is 2.55. The van der Waals surface area contributed by atoms with Gasteiger partial charge in [0.15, 0.2) is 0 Å². The molecule has 0 amide bonds. The monoisotopic (exact) mass is 401 g/mol. The number of Topliss-reactive ketones (excluding diaryl/α,β-unsaturated/α-hetero) is 1. The molecule has 6 heteroatoms. The Labute approximate surface area is 166 Å². The fourth-order valence-corrected chi connectivity index (χ4v) is 3.06. The van der Waals surface area contributed by atoms with Gasteiger partial charge < -0.3 is 10.0 Å². The molecule has 1 unspecified atom stereocenters. The largest absolute Gasteiger partial charge is 0.424 e. The Morgan fingerprint density at radius 1 is 0.893 bits per heavy atom. The Morgan fingerprint density at radius 3 is 1.75 bits per heavy atom. The van der Waals surface area contributed by atoms with Crippen LogP contribution in [-0.2, 0) is 0 Å². The molecule has 1 N–H and O–H groups in total. The van der Waals surface area contributed by atoms with Crippen LogP contribution in [0.25, 0.3) is 0 Å². The van der Waals surface area contributed by atoms with Crippen molar-refractivity contribution in [3.05, 3.63) is 29.8 Å². The lowest BCUT2D eigenvalue weighted by Gasteiger charge is -2.27. The van der Waals surface area contributed by atoms with Crippen LogP contribution in [0.4, 0.5) is 18.9 Å². The molecule has 0 saturated carbocycles. The van der Waals surface area contributed by atoms with Gasteiger partial charge in [0.1, 0.15) is 0 Å². The second kappa shape index (κ2) is 11.4. The molecule has 0 aliphatic carbocycles. The van der Waals surface area contributed by atoms with Crippen LogP contribution in [0.2, 0.25) is 0 Å². The quantitative estimate of drug-likeness (QED) is 0.318. The van der Waals surface area contributed by atoms with Crippen LogP contribution in [0.5, 0.6) is 0 Å². The van der Waals surface area contributed by atoms with Gasteiger partial charge in [0.2, 0.25) is 11.4 Å². The zero-order valence-electron chi connectivity index (χ0n) is 17.3. The first-order chi connectivity index (χ1) is 13.1. The van der Waals surface area contributed by atoms with Crippen LogP contribution in [0, 0.1) is 0 Å². The molecule has 0 aromatic heterocycles. The molecule has 0 aliphatic rings. The number of halogens is 3. The lowest BCUT2D eigenvalue weighted by molar-refractivity contribution is -0.229. The number of anilines is 1. The summed E-state index contributed by atoms with van der Waals surface area (Å²) < 4.78 is 38.7. The Morgan fingerprint density at radius 2 is 1.36 bits per heavy atom. The van der Waals surface area contributed by atoms with Crippen molar-refractivity contribution in [3.8, 4) is 0 Å². The number of carbonyl (C=O) groups excluding carboxylic acids is 1. The van der Waals surface area contributed by atoms with Crippen LogP contribution in [0.15, 0.2) is 24.3 Å². The molecule has 0 aliphatic heterocycles. The zero-order chi connectivity index (χ0) is 21.2. The maximum absolute atomic E-state index is 12.9. The Kier molecular flexibility index (Phi) is 10.0. The molecule has 28 heavy (non-hydrogen) atoms. The van der Waals surface area contributed by atoms with E-state index >= 15 is 0 Å². The number of hydrogen-bond acceptors (Lipinski definition) is 3. The van der Waals surface area contributed by atoms with E-state index in [1.165, 1.54) is 25.0 Å². The molecule has 1 aromatic rings. The van der Waals surface area contributed by atoms with Crippen LogP contribution in [0.1, 0.15) is 82.5 Å². The molecule has 160 valence electrons. The van der Waals surface area contributed by atoms with E-state index in [4.69, 9.17) is 0 Å². The molecule has 1 atom stereocenters. The molecule has 1 aromatic carbocycles. The van der Waals surface area contributed by atoms with Gasteiger partial charge in [0.05, 0.1) is 0 Å². The van der Waals surface area contributed by atoms with E-state index in [-0.39, 0.29) is 5.56 Å². The summed E-state index contributed by atoms with van der Waals surface area (Å²) in [7, 11) is 0. The first kappa shape index (κ1) is 24.5. The highest BCUT2D eigenvalue weighted by molar-refractivity contribution is 6.02. The minimum Gasteiger partial charge on any atom is -0.374 e. The third-order valence-electron chi connectivity index (χ3n) is 5.05. The number of aliphatic hydroxyl groups is 1. The van der Waals surface area contributed by atoms with Gasteiger partial charge in [-0.2, -0.15) is 13.2 Å². The summed E-state index contributed by atoms with van der Waals surface area (Å²) >= 11 is 0. The summed E-state index contributed by atoms with van der Waals surface area (Å²) in [5, 5.41) is 9.60. The van der Waals surface area contributed by atoms with Crippen LogP contribution in [-0.4, -0.2) is 35.8 Å². The Hall–Kier alpha value is -1.56. The number of carbonyl (C=O) groups is 1. The number of nitrogens with zero attached hydrogens (tertiary/aromatic N) is 1. The SMILES string of the molecule is CCCCCCN(CCCCCC)c1ccc(C(=O)C(C)(O)C(F)(F)F)cc1. The van der Waals surface area contributed by atoms with E-state index in [0.717, 1.165) is 57.3 Å². The zero-order valence-corrected chi connectivity index (χ0v) is 17.3. The highest BCUT2D eigenvalue weighted by atomic mass is 19.4. The minimum atomic E-state index is -5.01. The topological polar surface area (TPSA) is 40.5 Å². The first-order valence-electron chi connectivity index (χ1n) is 10.3. The van der Waals surface area contributed by atoms with Gasteiger partial charge >= 0.3 is 6.18 Å². The van der Waals surface area contributed by atoms with Crippen molar-refractivity contribution in [2.45, 2.75) is 83.9 Å². The average Bonchev–Trinajstić information content (AvgIpc) is 2.65. The molecule has 1 rings (SSSR count). The van der Waals surface area contributed by atoms with Gasteiger partial charge in [0.25, 0.3) is 0 Å². The third kappa shape index (κ3) is 7.12. The summed E-state index contributed by atoms with van der Waals surface area (Å²) in [5.74, 6) is -1.33. The number of rotatable bonds is 13. The van der Waals surface area contributed by atoms with Gasteiger partial charge in [0, 0.05) is 24.3 Å². The van der Waals surface area contributed by atoms with Crippen molar-refractivity contribution in [1.29, 1.82) is 0 Å². The molecule has 0 spiro atoms. The first-order valence-corrected chi connectivity index (χ1v) is 10.3. The summed E-state index contributed by atoms with van der Waals surface area (Å²) in [5.41, 5.74) is -2.62. The van der Waals surface area contributed by atoms with Gasteiger partial charge in [-0.05, 0) is 44.0 Å². The van der Waals surface area contributed by atoms with Crippen LogP contribution in [0.3, 0.4) is 0 Å². The second-order valence-corrected chi connectivity index (χ2v) is 7.55. The highest BCUT2D eigenvalue weighted by Crippen LogP contribution is 2.33. The van der Waals surface area contributed by atoms with Crippen molar-refractivity contribution in [2.24, 2.45) is 0 Å². The van der Waals surface area contributed by atoms with Gasteiger partial charge in [-0.3, -0.25) is 4.79 Å². The molecule has 0 bridgehead atoms. The maximum atomic E-state index is 12.9. The number of benzene rings is 1. The maximum Gasteiger partial charge on any atom is 0.424 e. The Balaban J connectivity index is 2.86. The Bertz CT molecular complexity index is 570. The van der Waals surface area contributed by atoms with Crippen molar-refractivity contribution in [1.82, 2.24) is 0 Å². The smallest absolute Gasteiger partial charge is 0.374 e. The van der Waals surface area contributed by atoms with Gasteiger partial charge in [-0.1, -0.05) is 52.4 Å². The minimum absolute atomic E-state index is 0.136. The van der Waals surface area contributed by atoms with E-state index in [2.05, 4.69) is 18.7 Å². The van der Waals surface area contributed by atoms with Crippen molar-refractivity contribution in [2.75, 3.05) is 18.0 Å². The molecule has 3 nitrogen and oxygen atoms in total. The summed E-state index contributed by atoms with van der Waals surface area (Å²) in [6.45, 7) is 6.60. The summed E-state index contributed by atoms with van der Waals surface area (Å²) in [4.78, 5) is 14.3. The summed E-state index contributed by atoms with van der Waals surface area (Å²) in [6, 6.07) is 6.12. The molecular formula is C22H34F3NO2. The van der Waals surface area contributed by atoms with Crippen LogP contribution >= 0.6 is 0 Å². The van der Waals surface area contributed by atoms with E-state index in [1.807, 2.05) is 0 Å². The number of unbranched alkanes of at least 4 members (excludes halogenated alkanes) is 6. The second-order valence-electron chi connectivity index (χ2n) is 7.55. The summed E-state index contributed by atoms with van der Waals surface area (Å²) in [6.07, 6.45) is 4.09. The van der Waals surface area contributed by atoms with E-state index in [9.17, 15) is 23.1 Å². The van der Waals surface area contributed by atoms with E-state index in [0.29, 0.717) is 6.92 Å². The fourth-order valence-electron chi connectivity index (χ4n) is 3.06. The van der Waals surface area contributed by atoms with Crippen LogP contribution < -0.4 is 4.90 Å².